The fourth-order valence-corrected chi connectivity index (χ4v) is 3.03. The second-order valence-electron chi connectivity index (χ2n) is 6.92. The van der Waals surface area contributed by atoms with Gasteiger partial charge in [-0.25, -0.2) is 0 Å². The Morgan fingerprint density at radius 3 is 2.48 bits per heavy atom. The first-order chi connectivity index (χ1) is 13.8. The molecule has 0 radical (unpaired) electrons. The molecule has 29 heavy (non-hydrogen) atoms. The number of halogens is 1. The highest BCUT2D eigenvalue weighted by atomic mass is 35.5. The molecule has 2 amide bonds. The van der Waals surface area contributed by atoms with Gasteiger partial charge in [-0.1, -0.05) is 23.7 Å². The van der Waals surface area contributed by atoms with Crippen molar-refractivity contribution >= 4 is 34.8 Å². The molecule has 0 atom stereocenters. The lowest BCUT2D eigenvalue weighted by molar-refractivity contribution is -0.384. The van der Waals surface area contributed by atoms with Gasteiger partial charge in [-0.2, -0.15) is 0 Å². The summed E-state index contributed by atoms with van der Waals surface area (Å²) < 4.78 is 5.57. The van der Waals surface area contributed by atoms with Gasteiger partial charge in [0, 0.05) is 12.6 Å². The molecule has 8 nitrogen and oxygen atoms in total. The van der Waals surface area contributed by atoms with E-state index in [1.807, 2.05) is 0 Å². The number of nitrogens with two attached hydrogens (primary N) is 1. The van der Waals surface area contributed by atoms with E-state index >= 15 is 0 Å². The number of primary amides is 1. The van der Waals surface area contributed by atoms with Gasteiger partial charge in [0.1, 0.15) is 10.8 Å². The van der Waals surface area contributed by atoms with E-state index in [9.17, 15) is 19.7 Å². The third kappa shape index (κ3) is 5.68. The molecular formula is C20H20ClN3O5. The molecule has 0 unspecified atom stereocenters. The number of anilines is 1. The monoisotopic (exact) mass is 417 g/mol. The summed E-state index contributed by atoms with van der Waals surface area (Å²) in [5.41, 5.74) is 6.08. The molecular weight excluding hydrogens is 398 g/mol. The van der Waals surface area contributed by atoms with Crippen molar-refractivity contribution in [3.63, 3.8) is 0 Å². The van der Waals surface area contributed by atoms with E-state index in [0.717, 1.165) is 18.4 Å². The standard InChI is InChI=1S/C20H20ClN3O5/c21-17-8-5-15(10-18(17)24(27)28)23(11-14-1-2-14)20(26)12-29-16-6-3-13(4-7-16)9-19(22)25/h3-8,10,14H,1-2,9,11-12H2,(H2,22,25). The van der Waals surface area contributed by atoms with Crippen LogP contribution in [0, 0.1) is 16.0 Å². The van der Waals surface area contributed by atoms with Crippen molar-refractivity contribution < 1.29 is 19.2 Å². The predicted octanol–water partition coefficient (Wildman–Crippen LogP) is 3.10. The highest BCUT2D eigenvalue weighted by Crippen LogP contribution is 2.34. The molecule has 0 spiro atoms. The van der Waals surface area contributed by atoms with Crippen LogP contribution < -0.4 is 15.4 Å². The molecule has 0 saturated heterocycles. The zero-order chi connectivity index (χ0) is 21.0. The minimum atomic E-state index is -0.574. The van der Waals surface area contributed by atoms with Gasteiger partial charge in [0.15, 0.2) is 6.61 Å². The molecule has 3 rings (SSSR count). The molecule has 2 aromatic carbocycles. The number of nitro benzene ring substituents is 1. The molecule has 9 heteroatoms. The largest absolute Gasteiger partial charge is 0.484 e. The third-order valence-corrected chi connectivity index (χ3v) is 4.86. The van der Waals surface area contributed by atoms with Gasteiger partial charge in [-0.3, -0.25) is 19.7 Å². The van der Waals surface area contributed by atoms with Crippen LogP contribution in [0.3, 0.4) is 0 Å². The maximum atomic E-state index is 12.8. The zero-order valence-electron chi connectivity index (χ0n) is 15.5. The number of ether oxygens (including phenoxy) is 1. The van der Waals surface area contributed by atoms with Crippen molar-refractivity contribution in [3.05, 3.63) is 63.2 Å². The van der Waals surface area contributed by atoms with Crippen LogP contribution in [0.4, 0.5) is 11.4 Å². The van der Waals surface area contributed by atoms with Gasteiger partial charge in [-0.15, -0.1) is 0 Å². The maximum absolute atomic E-state index is 12.8. The number of hydrogen-bond acceptors (Lipinski definition) is 5. The van der Waals surface area contributed by atoms with E-state index < -0.39 is 10.8 Å². The molecule has 0 heterocycles. The van der Waals surface area contributed by atoms with Crippen LogP contribution in [0.1, 0.15) is 18.4 Å². The summed E-state index contributed by atoms with van der Waals surface area (Å²) in [6, 6.07) is 11.0. The number of rotatable bonds is 9. The number of carbonyl (C=O) groups excluding carboxylic acids is 2. The highest BCUT2D eigenvalue weighted by molar-refractivity contribution is 6.32. The zero-order valence-corrected chi connectivity index (χ0v) is 16.3. The summed E-state index contributed by atoms with van der Waals surface area (Å²) in [7, 11) is 0. The molecule has 152 valence electrons. The van der Waals surface area contributed by atoms with Crippen LogP contribution in [-0.4, -0.2) is 29.9 Å². The Morgan fingerprint density at radius 1 is 1.21 bits per heavy atom. The summed E-state index contributed by atoms with van der Waals surface area (Å²) in [5.74, 6) is 0.109. The fourth-order valence-electron chi connectivity index (χ4n) is 2.85. The van der Waals surface area contributed by atoms with Gasteiger partial charge in [0.05, 0.1) is 17.0 Å². The van der Waals surface area contributed by atoms with Crippen molar-refractivity contribution in [2.45, 2.75) is 19.3 Å². The Balaban J connectivity index is 1.70. The first-order valence-corrected chi connectivity index (χ1v) is 9.45. The SMILES string of the molecule is NC(=O)Cc1ccc(OCC(=O)N(CC2CC2)c2ccc(Cl)c([N+](=O)[O-])c2)cc1. The first-order valence-electron chi connectivity index (χ1n) is 9.08. The Labute approximate surface area is 172 Å². The lowest BCUT2D eigenvalue weighted by atomic mass is 10.1. The van der Waals surface area contributed by atoms with Crippen molar-refractivity contribution in [1.82, 2.24) is 0 Å². The van der Waals surface area contributed by atoms with Crippen LogP contribution in [-0.2, 0) is 16.0 Å². The van der Waals surface area contributed by atoms with Crippen LogP contribution in [0.15, 0.2) is 42.5 Å². The van der Waals surface area contributed by atoms with E-state index in [-0.39, 0.29) is 29.6 Å². The number of carbonyl (C=O) groups is 2. The van der Waals surface area contributed by atoms with E-state index in [1.54, 1.807) is 30.3 Å². The topological polar surface area (TPSA) is 116 Å². The lowest BCUT2D eigenvalue weighted by Gasteiger charge is -2.23. The Bertz CT molecular complexity index is 928. The van der Waals surface area contributed by atoms with Crippen LogP contribution in [0.5, 0.6) is 5.75 Å². The molecule has 0 aromatic heterocycles. The van der Waals surface area contributed by atoms with Gasteiger partial charge in [0.25, 0.3) is 11.6 Å². The fraction of sp³-hybridized carbons (Fsp3) is 0.300. The second-order valence-corrected chi connectivity index (χ2v) is 7.32. The quantitative estimate of drug-likeness (QED) is 0.497. The molecule has 1 aliphatic rings. The van der Waals surface area contributed by atoms with Crippen LogP contribution in [0.2, 0.25) is 5.02 Å². The minimum Gasteiger partial charge on any atom is -0.484 e. The number of hydrogen-bond donors (Lipinski definition) is 1. The van der Waals surface area contributed by atoms with Gasteiger partial charge in [-0.05, 0) is 48.6 Å². The predicted molar refractivity (Wildman–Crippen MR) is 108 cm³/mol. The van der Waals surface area contributed by atoms with E-state index in [0.29, 0.717) is 23.9 Å². The molecule has 0 bridgehead atoms. The normalized spacial score (nSPS) is 13.0. The van der Waals surface area contributed by atoms with Gasteiger partial charge < -0.3 is 15.4 Å². The van der Waals surface area contributed by atoms with Crippen LogP contribution in [0.25, 0.3) is 0 Å². The summed E-state index contributed by atoms with van der Waals surface area (Å²) in [6.07, 6.45) is 2.16. The molecule has 0 aliphatic heterocycles. The number of nitrogens with zero attached hydrogens (tertiary/aromatic N) is 2. The van der Waals surface area contributed by atoms with Crippen molar-refractivity contribution in [2.24, 2.45) is 11.7 Å². The van der Waals surface area contributed by atoms with Crippen molar-refractivity contribution in [3.8, 4) is 5.75 Å². The summed E-state index contributed by atoms with van der Waals surface area (Å²) >= 11 is 5.88. The van der Waals surface area contributed by atoms with E-state index in [4.69, 9.17) is 22.1 Å². The Hall–Kier alpha value is -3.13. The molecule has 1 fully saturated rings. The lowest BCUT2D eigenvalue weighted by Crippen LogP contribution is -2.36. The second kappa shape index (κ2) is 8.91. The van der Waals surface area contributed by atoms with Crippen molar-refractivity contribution in [1.29, 1.82) is 0 Å². The average Bonchev–Trinajstić information content (AvgIpc) is 3.49. The van der Waals surface area contributed by atoms with Gasteiger partial charge >= 0.3 is 0 Å². The van der Waals surface area contributed by atoms with Gasteiger partial charge in [0.2, 0.25) is 5.91 Å². The number of nitro groups is 1. The Kier molecular flexibility index (Phi) is 6.33. The molecule has 1 aliphatic carbocycles. The Morgan fingerprint density at radius 2 is 1.90 bits per heavy atom. The summed E-state index contributed by atoms with van der Waals surface area (Å²) in [5, 5.41) is 11.2. The average molecular weight is 418 g/mol. The molecule has 1 saturated carbocycles. The highest BCUT2D eigenvalue weighted by Gasteiger charge is 2.29. The number of benzene rings is 2. The van der Waals surface area contributed by atoms with Crippen LogP contribution >= 0.6 is 11.6 Å². The summed E-state index contributed by atoms with van der Waals surface area (Å²) in [6.45, 7) is 0.247. The van der Waals surface area contributed by atoms with E-state index in [1.165, 1.54) is 17.0 Å². The van der Waals surface area contributed by atoms with Crippen molar-refractivity contribution in [2.75, 3.05) is 18.1 Å². The maximum Gasteiger partial charge on any atom is 0.289 e. The smallest absolute Gasteiger partial charge is 0.289 e. The third-order valence-electron chi connectivity index (χ3n) is 4.54. The number of amides is 2. The molecule has 2 N–H and O–H groups in total. The van der Waals surface area contributed by atoms with E-state index in [2.05, 4.69) is 0 Å². The molecule has 2 aromatic rings. The first kappa shape index (κ1) is 20.6. The summed E-state index contributed by atoms with van der Waals surface area (Å²) in [4.78, 5) is 35.8. The minimum absolute atomic E-state index is 0.0184.